The summed E-state index contributed by atoms with van der Waals surface area (Å²) in [7, 11) is 0. The van der Waals surface area contributed by atoms with Gasteiger partial charge in [0.15, 0.2) is 5.11 Å². The molecule has 0 aliphatic heterocycles. The summed E-state index contributed by atoms with van der Waals surface area (Å²) in [6.07, 6.45) is 0.924. The van der Waals surface area contributed by atoms with Crippen LogP contribution >= 0.6 is 12.2 Å². The summed E-state index contributed by atoms with van der Waals surface area (Å²) in [6.45, 7) is 8.33. The SMILES string of the molecule is CCOC(=O)c1ccc(NC(=S)N[C@@H](CC)c2ccccc2C)c(C)c1. The largest absolute Gasteiger partial charge is 0.462 e. The molecular weight excluding hydrogens is 344 g/mol. The fraction of sp³-hybridized carbons (Fsp3) is 0.333. The number of esters is 1. The number of carbonyl (C=O) groups is 1. The second kappa shape index (κ2) is 9.34. The number of benzene rings is 2. The number of carbonyl (C=O) groups excluding carboxylic acids is 1. The van der Waals surface area contributed by atoms with E-state index in [0.29, 0.717) is 17.3 Å². The van der Waals surface area contributed by atoms with Gasteiger partial charge in [0.1, 0.15) is 0 Å². The molecule has 2 rings (SSSR count). The Kier molecular flexibility index (Phi) is 7.16. The lowest BCUT2D eigenvalue weighted by atomic mass is 9.99. The van der Waals surface area contributed by atoms with E-state index in [0.717, 1.165) is 17.7 Å². The monoisotopic (exact) mass is 370 g/mol. The van der Waals surface area contributed by atoms with Crippen LogP contribution in [0.15, 0.2) is 42.5 Å². The van der Waals surface area contributed by atoms with Crippen LogP contribution in [0.25, 0.3) is 0 Å². The first-order valence-corrected chi connectivity index (χ1v) is 9.27. The molecule has 1 atom stereocenters. The van der Waals surface area contributed by atoms with Crippen molar-refractivity contribution in [2.75, 3.05) is 11.9 Å². The van der Waals surface area contributed by atoms with Crippen molar-refractivity contribution in [1.29, 1.82) is 0 Å². The average molecular weight is 371 g/mol. The van der Waals surface area contributed by atoms with Gasteiger partial charge in [-0.2, -0.15) is 0 Å². The van der Waals surface area contributed by atoms with Gasteiger partial charge < -0.3 is 15.4 Å². The first-order chi connectivity index (χ1) is 12.5. The number of rotatable bonds is 6. The van der Waals surface area contributed by atoms with Crippen molar-refractivity contribution >= 4 is 29.0 Å². The molecule has 0 aliphatic rings. The molecule has 0 unspecified atom stereocenters. The fourth-order valence-corrected chi connectivity index (χ4v) is 3.09. The molecule has 4 nitrogen and oxygen atoms in total. The summed E-state index contributed by atoms with van der Waals surface area (Å²) in [4.78, 5) is 11.8. The van der Waals surface area contributed by atoms with Gasteiger partial charge >= 0.3 is 5.97 Å². The second-order valence-corrected chi connectivity index (χ2v) is 6.57. The van der Waals surface area contributed by atoms with Crippen LogP contribution in [0.4, 0.5) is 5.69 Å². The molecule has 0 radical (unpaired) electrons. The summed E-state index contributed by atoms with van der Waals surface area (Å²) >= 11 is 5.49. The van der Waals surface area contributed by atoms with E-state index in [1.165, 1.54) is 11.1 Å². The minimum absolute atomic E-state index is 0.148. The second-order valence-electron chi connectivity index (χ2n) is 6.17. The van der Waals surface area contributed by atoms with Crippen molar-refractivity contribution in [3.8, 4) is 0 Å². The van der Waals surface area contributed by atoms with Gasteiger partial charge in [0.05, 0.1) is 18.2 Å². The van der Waals surface area contributed by atoms with Crippen molar-refractivity contribution < 1.29 is 9.53 Å². The summed E-state index contributed by atoms with van der Waals surface area (Å²) < 4.78 is 5.03. The normalized spacial score (nSPS) is 11.5. The highest BCUT2D eigenvalue weighted by molar-refractivity contribution is 7.80. The van der Waals surface area contributed by atoms with Crippen molar-refractivity contribution in [2.24, 2.45) is 0 Å². The third kappa shape index (κ3) is 5.05. The third-order valence-corrected chi connectivity index (χ3v) is 4.48. The van der Waals surface area contributed by atoms with Gasteiger partial charge in [-0.25, -0.2) is 4.79 Å². The highest BCUT2D eigenvalue weighted by atomic mass is 32.1. The standard InChI is InChI=1S/C21H26N2O2S/c1-5-18(17-10-8-7-9-14(17)3)22-21(26)23-19-12-11-16(13-15(19)4)20(24)25-6-2/h7-13,18H,5-6H2,1-4H3,(H2,22,23,26)/t18-/m0/s1. The topological polar surface area (TPSA) is 50.4 Å². The van der Waals surface area contributed by atoms with Crippen LogP contribution in [0.1, 0.15) is 53.4 Å². The van der Waals surface area contributed by atoms with Gasteiger partial charge in [-0.3, -0.25) is 0 Å². The van der Waals surface area contributed by atoms with E-state index in [4.69, 9.17) is 17.0 Å². The molecule has 0 aromatic heterocycles. The quantitative estimate of drug-likeness (QED) is 0.558. The lowest BCUT2D eigenvalue weighted by Crippen LogP contribution is -2.32. The van der Waals surface area contributed by atoms with E-state index in [1.807, 2.05) is 31.2 Å². The molecule has 2 aromatic rings. The van der Waals surface area contributed by atoms with E-state index in [2.05, 4.69) is 36.6 Å². The number of nitrogens with one attached hydrogen (secondary N) is 2. The zero-order chi connectivity index (χ0) is 19.1. The van der Waals surface area contributed by atoms with E-state index in [-0.39, 0.29) is 12.0 Å². The smallest absolute Gasteiger partial charge is 0.338 e. The Morgan fingerprint density at radius 2 is 1.85 bits per heavy atom. The number of thiocarbonyl (C=S) groups is 1. The predicted molar refractivity (Wildman–Crippen MR) is 111 cm³/mol. The number of anilines is 1. The Balaban J connectivity index is 2.07. The molecular formula is C21H26N2O2S. The molecule has 0 aliphatic carbocycles. The molecule has 0 heterocycles. The van der Waals surface area contributed by atoms with Crippen molar-refractivity contribution in [1.82, 2.24) is 5.32 Å². The number of hydrogen-bond acceptors (Lipinski definition) is 3. The molecule has 2 N–H and O–H groups in total. The molecule has 5 heteroatoms. The average Bonchev–Trinajstić information content (AvgIpc) is 2.62. The molecule has 0 spiro atoms. The molecule has 138 valence electrons. The summed E-state index contributed by atoms with van der Waals surface area (Å²) in [5.41, 5.74) is 4.83. The molecule has 0 fully saturated rings. The Labute approximate surface area is 161 Å². The highest BCUT2D eigenvalue weighted by Crippen LogP contribution is 2.21. The predicted octanol–water partition coefficient (Wildman–Crippen LogP) is 4.92. The lowest BCUT2D eigenvalue weighted by Gasteiger charge is -2.22. The molecule has 0 amide bonds. The van der Waals surface area contributed by atoms with Crippen molar-refractivity contribution in [3.63, 3.8) is 0 Å². The number of aryl methyl sites for hydroxylation is 2. The Bertz CT molecular complexity index is 789. The maximum atomic E-state index is 11.8. The van der Waals surface area contributed by atoms with E-state index in [9.17, 15) is 4.79 Å². The maximum absolute atomic E-state index is 11.8. The van der Waals surface area contributed by atoms with Crippen LogP contribution in [0.5, 0.6) is 0 Å². The van der Waals surface area contributed by atoms with Gasteiger partial charge in [-0.1, -0.05) is 31.2 Å². The van der Waals surface area contributed by atoms with Crippen LogP contribution in [-0.2, 0) is 4.74 Å². The summed E-state index contributed by atoms with van der Waals surface area (Å²) in [5.74, 6) is -0.312. The summed E-state index contributed by atoms with van der Waals surface area (Å²) in [5, 5.41) is 7.18. The number of hydrogen-bond donors (Lipinski definition) is 2. The van der Waals surface area contributed by atoms with Crippen LogP contribution in [-0.4, -0.2) is 17.7 Å². The maximum Gasteiger partial charge on any atom is 0.338 e. The first kappa shape index (κ1) is 19.9. The zero-order valence-corrected chi connectivity index (χ0v) is 16.6. The van der Waals surface area contributed by atoms with Crippen molar-refractivity contribution in [3.05, 3.63) is 64.7 Å². The van der Waals surface area contributed by atoms with E-state index in [1.54, 1.807) is 13.0 Å². The van der Waals surface area contributed by atoms with Crippen LogP contribution in [0.3, 0.4) is 0 Å². The minimum Gasteiger partial charge on any atom is -0.462 e. The molecule has 0 saturated carbocycles. The van der Waals surface area contributed by atoms with Crippen LogP contribution in [0.2, 0.25) is 0 Å². The van der Waals surface area contributed by atoms with Gasteiger partial charge in [0.2, 0.25) is 0 Å². The van der Waals surface area contributed by atoms with Gasteiger partial charge in [0.25, 0.3) is 0 Å². The zero-order valence-electron chi connectivity index (χ0n) is 15.8. The van der Waals surface area contributed by atoms with Gasteiger partial charge in [-0.05, 0) is 74.3 Å². The first-order valence-electron chi connectivity index (χ1n) is 8.87. The molecule has 0 saturated heterocycles. The van der Waals surface area contributed by atoms with Gasteiger partial charge in [0, 0.05) is 5.69 Å². The highest BCUT2D eigenvalue weighted by Gasteiger charge is 2.14. The Morgan fingerprint density at radius 1 is 1.12 bits per heavy atom. The van der Waals surface area contributed by atoms with E-state index < -0.39 is 0 Å². The molecule has 26 heavy (non-hydrogen) atoms. The lowest BCUT2D eigenvalue weighted by molar-refractivity contribution is 0.0526. The molecule has 2 aromatic carbocycles. The number of ether oxygens (including phenoxy) is 1. The van der Waals surface area contributed by atoms with Crippen LogP contribution < -0.4 is 10.6 Å². The summed E-state index contributed by atoms with van der Waals surface area (Å²) in [6, 6.07) is 13.9. The Hall–Kier alpha value is -2.40. The van der Waals surface area contributed by atoms with Crippen molar-refractivity contribution in [2.45, 2.75) is 40.2 Å². The van der Waals surface area contributed by atoms with Crippen LogP contribution in [0, 0.1) is 13.8 Å². The van der Waals surface area contributed by atoms with E-state index >= 15 is 0 Å². The minimum atomic E-state index is -0.312. The fourth-order valence-electron chi connectivity index (χ4n) is 2.84. The third-order valence-electron chi connectivity index (χ3n) is 4.26. The Morgan fingerprint density at radius 3 is 2.46 bits per heavy atom. The molecule has 0 bridgehead atoms. The van der Waals surface area contributed by atoms with Gasteiger partial charge in [-0.15, -0.1) is 0 Å².